The molecule has 1 amide bonds. The third kappa shape index (κ3) is 4.26. The number of aryl methyl sites for hydroxylation is 1. The van der Waals surface area contributed by atoms with Crippen molar-refractivity contribution in [1.29, 1.82) is 0 Å². The summed E-state index contributed by atoms with van der Waals surface area (Å²) in [5.74, 6) is 0.870. The second kappa shape index (κ2) is 7.79. The van der Waals surface area contributed by atoms with Crippen LogP contribution in [0.2, 0.25) is 0 Å². The molecule has 2 heterocycles. The number of nitrogens with one attached hydrogen (secondary N) is 2. The number of nitrogens with zero attached hydrogens (tertiary/aromatic N) is 3. The lowest BCUT2D eigenvalue weighted by Gasteiger charge is -2.35. The first kappa shape index (κ1) is 17.6. The average molecular weight is 362 g/mol. The van der Waals surface area contributed by atoms with Crippen LogP contribution in [-0.4, -0.2) is 55.4 Å². The fraction of sp³-hybridized carbons (Fsp3) is 0.471. The number of aromatic nitrogens is 2. The van der Waals surface area contributed by atoms with Crippen LogP contribution in [0.1, 0.15) is 11.9 Å². The van der Waals surface area contributed by atoms with E-state index in [0.717, 1.165) is 36.9 Å². The first-order valence-electron chi connectivity index (χ1n) is 8.41. The van der Waals surface area contributed by atoms with Gasteiger partial charge in [-0.25, -0.2) is 0 Å². The molecule has 7 nitrogen and oxygen atoms in total. The van der Waals surface area contributed by atoms with Crippen LogP contribution < -0.4 is 19.9 Å². The van der Waals surface area contributed by atoms with Crippen LogP contribution in [0.4, 0.5) is 10.8 Å². The Balaban J connectivity index is 1.53. The molecule has 1 aromatic heterocycles. The fourth-order valence-corrected chi connectivity index (χ4v) is 3.62. The van der Waals surface area contributed by atoms with E-state index in [1.165, 1.54) is 21.9 Å². The van der Waals surface area contributed by atoms with Gasteiger partial charge in [-0.05, 0) is 38.1 Å². The van der Waals surface area contributed by atoms with Gasteiger partial charge in [0.05, 0.1) is 33.3 Å². The van der Waals surface area contributed by atoms with Gasteiger partial charge >= 0.3 is 0 Å². The monoisotopic (exact) mass is 362 g/mol. The molecule has 1 aromatic carbocycles. The third-order valence-electron chi connectivity index (χ3n) is 4.61. The molecule has 1 fully saturated rings. The van der Waals surface area contributed by atoms with Crippen LogP contribution in [0.5, 0.6) is 5.75 Å². The van der Waals surface area contributed by atoms with Crippen molar-refractivity contribution in [2.24, 2.45) is 0 Å². The predicted octanol–water partition coefficient (Wildman–Crippen LogP) is 0.587. The maximum Gasteiger partial charge on any atom is 0.284 e. The minimum Gasteiger partial charge on any atom is -0.497 e. The summed E-state index contributed by atoms with van der Waals surface area (Å²) in [6, 6.07) is 8.01. The van der Waals surface area contributed by atoms with Crippen molar-refractivity contribution in [3.8, 4) is 5.75 Å². The fourth-order valence-electron chi connectivity index (χ4n) is 3.02. The smallest absolute Gasteiger partial charge is 0.284 e. The molecule has 1 saturated heterocycles. The molecule has 25 heavy (non-hydrogen) atoms. The Morgan fingerprint density at radius 1 is 1.28 bits per heavy atom. The van der Waals surface area contributed by atoms with E-state index in [1.807, 2.05) is 26.0 Å². The number of ether oxygens (including phenoxy) is 1. The van der Waals surface area contributed by atoms with Crippen molar-refractivity contribution >= 4 is 28.1 Å². The lowest BCUT2D eigenvalue weighted by atomic mass is 10.2. The largest absolute Gasteiger partial charge is 0.497 e. The molecule has 0 unspecified atom stereocenters. The minimum absolute atomic E-state index is 0.00375. The number of piperazine rings is 1. The Kier molecular flexibility index (Phi) is 5.50. The normalized spacial score (nSPS) is 16.5. The molecule has 0 saturated carbocycles. The SMILES string of the molecule is COc1ccc(N2CC[NH+]([C@H](C)C(=O)Nc3nnc(C)s3)CC2)cc1. The zero-order valence-electron chi connectivity index (χ0n) is 14.8. The van der Waals surface area contributed by atoms with E-state index >= 15 is 0 Å². The Labute approximate surface area is 151 Å². The number of quaternary nitrogens is 1. The van der Waals surface area contributed by atoms with E-state index in [2.05, 4.69) is 32.5 Å². The van der Waals surface area contributed by atoms with Gasteiger partial charge in [0.15, 0.2) is 6.04 Å². The lowest BCUT2D eigenvalue weighted by molar-refractivity contribution is -0.914. The number of carbonyl (C=O) groups excluding carboxylic acids is 1. The van der Waals surface area contributed by atoms with E-state index in [0.29, 0.717) is 5.13 Å². The van der Waals surface area contributed by atoms with Crippen LogP contribution >= 0.6 is 11.3 Å². The van der Waals surface area contributed by atoms with Gasteiger partial charge in [-0.2, -0.15) is 0 Å². The van der Waals surface area contributed by atoms with E-state index in [4.69, 9.17) is 4.74 Å². The Hall–Kier alpha value is -2.19. The summed E-state index contributed by atoms with van der Waals surface area (Å²) in [5, 5.41) is 12.2. The highest BCUT2D eigenvalue weighted by molar-refractivity contribution is 7.15. The van der Waals surface area contributed by atoms with Crippen molar-refractivity contribution in [2.45, 2.75) is 19.9 Å². The van der Waals surface area contributed by atoms with Crippen molar-refractivity contribution in [1.82, 2.24) is 10.2 Å². The number of amides is 1. The molecule has 3 rings (SSSR count). The number of anilines is 2. The maximum absolute atomic E-state index is 12.4. The van der Waals surface area contributed by atoms with E-state index in [1.54, 1.807) is 7.11 Å². The molecular weight excluding hydrogens is 338 g/mol. The molecule has 0 aliphatic carbocycles. The lowest BCUT2D eigenvalue weighted by Crippen LogP contribution is -3.19. The first-order chi connectivity index (χ1) is 12.1. The summed E-state index contributed by atoms with van der Waals surface area (Å²) >= 11 is 1.40. The van der Waals surface area contributed by atoms with Gasteiger partial charge in [-0.15, -0.1) is 10.2 Å². The summed E-state index contributed by atoms with van der Waals surface area (Å²) in [6.07, 6.45) is 0. The Morgan fingerprint density at radius 3 is 2.52 bits per heavy atom. The summed E-state index contributed by atoms with van der Waals surface area (Å²) in [4.78, 5) is 16.1. The maximum atomic E-state index is 12.4. The Morgan fingerprint density at radius 2 is 1.96 bits per heavy atom. The molecule has 0 bridgehead atoms. The number of methoxy groups -OCH3 is 1. The van der Waals surface area contributed by atoms with Crippen LogP contribution in [0.15, 0.2) is 24.3 Å². The molecule has 0 radical (unpaired) electrons. The number of rotatable bonds is 5. The van der Waals surface area contributed by atoms with E-state index < -0.39 is 0 Å². The van der Waals surface area contributed by atoms with Crippen molar-refractivity contribution < 1.29 is 14.4 Å². The predicted molar refractivity (Wildman–Crippen MR) is 98.6 cm³/mol. The molecule has 0 spiro atoms. The number of hydrogen-bond donors (Lipinski definition) is 2. The molecule has 2 aromatic rings. The molecule has 134 valence electrons. The van der Waals surface area contributed by atoms with Gasteiger partial charge in [0.2, 0.25) is 5.13 Å². The molecule has 2 N–H and O–H groups in total. The zero-order chi connectivity index (χ0) is 17.8. The van der Waals surface area contributed by atoms with Crippen molar-refractivity contribution in [2.75, 3.05) is 43.5 Å². The highest BCUT2D eigenvalue weighted by atomic mass is 32.1. The zero-order valence-corrected chi connectivity index (χ0v) is 15.6. The van der Waals surface area contributed by atoms with Crippen LogP contribution in [0.3, 0.4) is 0 Å². The standard InChI is InChI=1S/C17H23N5O2S/c1-12(16(23)18-17-20-19-13(2)25-17)21-8-10-22(11-9-21)14-4-6-15(24-3)7-5-14/h4-7,12H,8-11H2,1-3H3,(H,18,20,23)/p+1/t12-/m1/s1. The van der Waals surface area contributed by atoms with E-state index in [9.17, 15) is 4.79 Å². The molecule has 1 aliphatic rings. The summed E-state index contributed by atoms with van der Waals surface area (Å²) in [7, 11) is 1.67. The first-order valence-corrected chi connectivity index (χ1v) is 9.23. The van der Waals surface area contributed by atoms with Crippen LogP contribution in [-0.2, 0) is 4.79 Å². The van der Waals surface area contributed by atoms with Crippen LogP contribution in [0.25, 0.3) is 0 Å². The Bertz CT molecular complexity index is 710. The molecular formula is C17H24N5O2S+. The van der Waals surface area contributed by atoms with Gasteiger partial charge in [-0.1, -0.05) is 11.3 Å². The quantitative estimate of drug-likeness (QED) is 0.815. The minimum atomic E-state index is -0.109. The third-order valence-corrected chi connectivity index (χ3v) is 5.36. The highest BCUT2D eigenvalue weighted by Crippen LogP contribution is 2.19. The summed E-state index contributed by atoms with van der Waals surface area (Å²) in [6.45, 7) is 7.56. The molecule has 1 aliphatic heterocycles. The number of hydrogen-bond acceptors (Lipinski definition) is 6. The second-order valence-corrected chi connectivity index (χ2v) is 7.36. The second-order valence-electron chi connectivity index (χ2n) is 6.18. The van der Waals surface area contributed by atoms with Crippen molar-refractivity contribution in [3.63, 3.8) is 0 Å². The summed E-state index contributed by atoms with van der Waals surface area (Å²) in [5.41, 5.74) is 1.20. The van der Waals surface area contributed by atoms with Gasteiger partial charge in [0.1, 0.15) is 10.8 Å². The topological polar surface area (TPSA) is 71.8 Å². The van der Waals surface area contributed by atoms with Crippen molar-refractivity contribution in [3.05, 3.63) is 29.3 Å². The van der Waals surface area contributed by atoms with Crippen LogP contribution in [0, 0.1) is 6.92 Å². The molecule has 1 atom stereocenters. The van der Waals surface area contributed by atoms with Gasteiger partial charge in [0.25, 0.3) is 5.91 Å². The number of benzene rings is 1. The number of carbonyl (C=O) groups is 1. The summed E-state index contributed by atoms with van der Waals surface area (Å²) < 4.78 is 5.21. The van der Waals surface area contributed by atoms with Gasteiger partial charge in [0, 0.05) is 5.69 Å². The average Bonchev–Trinajstić information content (AvgIpc) is 3.06. The molecule has 8 heteroatoms. The van der Waals surface area contributed by atoms with E-state index in [-0.39, 0.29) is 11.9 Å². The highest BCUT2D eigenvalue weighted by Gasteiger charge is 2.29. The van der Waals surface area contributed by atoms with Gasteiger partial charge in [-0.3, -0.25) is 10.1 Å². The van der Waals surface area contributed by atoms with Gasteiger partial charge < -0.3 is 14.5 Å².